The fourth-order valence-corrected chi connectivity index (χ4v) is 2.00. The van der Waals surface area contributed by atoms with E-state index < -0.39 is 35.3 Å². The monoisotopic (exact) mass is 262 g/mol. The Bertz CT molecular complexity index is 340. The highest BCUT2D eigenvalue weighted by molar-refractivity contribution is 7.87. The van der Waals surface area contributed by atoms with Crippen molar-refractivity contribution >= 4 is 16.0 Å². The van der Waals surface area contributed by atoms with Gasteiger partial charge >= 0.3 is 6.18 Å². The summed E-state index contributed by atoms with van der Waals surface area (Å²) in [5, 5.41) is 6.88. The molecule has 6 nitrogen and oxygen atoms in total. The van der Waals surface area contributed by atoms with Crippen molar-refractivity contribution in [2.24, 2.45) is 5.73 Å². The molecule has 0 heterocycles. The van der Waals surface area contributed by atoms with E-state index in [1.54, 1.807) is 0 Å². The van der Waals surface area contributed by atoms with E-state index in [4.69, 9.17) is 11.1 Å². The molecule has 0 aliphatic carbocycles. The van der Waals surface area contributed by atoms with Crippen LogP contribution in [0.2, 0.25) is 0 Å². The van der Waals surface area contributed by atoms with E-state index in [-0.39, 0.29) is 6.54 Å². The smallest absolute Gasteiger partial charge is 0.387 e. The summed E-state index contributed by atoms with van der Waals surface area (Å²) < 4.78 is 60.0. The molecule has 0 rings (SSSR count). The van der Waals surface area contributed by atoms with E-state index in [1.807, 2.05) is 0 Å². The number of hydrogen-bond acceptors (Lipinski definition) is 3. The lowest BCUT2D eigenvalue weighted by Gasteiger charge is -2.20. The minimum absolute atomic E-state index is 0.0766. The van der Waals surface area contributed by atoms with Crippen molar-refractivity contribution in [3.05, 3.63) is 0 Å². The van der Waals surface area contributed by atoms with Crippen LogP contribution in [0.3, 0.4) is 0 Å². The lowest BCUT2D eigenvalue weighted by molar-refractivity contribution is -0.121. The summed E-state index contributed by atoms with van der Waals surface area (Å²) in [7, 11) is -4.26. The first-order valence-corrected chi connectivity index (χ1v) is 5.67. The molecule has 0 aliphatic heterocycles. The van der Waals surface area contributed by atoms with E-state index >= 15 is 0 Å². The lowest BCUT2D eigenvalue weighted by Crippen LogP contribution is -2.47. The van der Waals surface area contributed by atoms with Crippen molar-refractivity contribution in [2.45, 2.75) is 13.1 Å². The highest BCUT2D eigenvalue weighted by Gasteiger charge is 2.31. The van der Waals surface area contributed by atoms with Gasteiger partial charge in [0.2, 0.25) is 0 Å². The van der Waals surface area contributed by atoms with E-state index in [9.17, 15) is 21.6 Å². The van der Waals surface area contributed by atoms with Gasteiger partial charge in [0, 0.05) is 6.54 Å². The first-order valence-electron chi connectivity index (χ1n) is 4.23. The van der Waals surface area contributed by atoms with Crippen molar-refractivity contribution in [1.29, 1.82) is 5.41 Å². The molecule has 0 atom stereocenters. The van der Waals surface area contributed by atoms with Crippen LogP contribution in [0.5, 0.6) is 0 Å². The summed E-state index contributed by atoms with van der Waals surface area (Å²) in [6, 6.07) is 0. The van der Waals surface area contributed by atoms with Gasteiger partial charge in [-0.15, -0.1) is 0 Å². The van der Waals surface area contributed by atoms with Crippen LogP contribution >= 0.6 is 0 Å². The predicted molar refractivity (Wildman–Crippen MR) is 52.1 cm³/mol. The molecule has 0 spiro atoms. The third-order valence-electron chi connectivity index (χ3n) is 1.49. The fraction of sp³-hybridized carbons (Fsp3) is 0.833. The van der Waals surface area contributed by atoms with Gasteiger partial charge < -0.3 is 5.73 Å². The summed E-state index contributed by atoms with van der Waals surface area (Å²) in [5.41, 5.74) is 4.97. The number of rotatable bonds is 6. The second-order valence-electron chi connectivity index (χ2n) is 2.89. The SMILES string of the molecule is CCN(CC(=N)N)S(=O)(=O)NCC(F)(F)F. The van der Waals surface area contributed by atoms with Gasteiger partial charge in [-0.25, -0.2) is 0 Å². The Labute approximate surface area is 91.3 Å². The van der Waals surface area contributed by atoms with Crippen LogP contribution in [0.25, 0.3) is 0 Å². The molecular formula is C6H13F3N4O2S. The Morgan fingerprint density at radius 1 is 1.50 bits per heavy atom. The van der Waals surface area contributed by atoms with Gasteiger partial charge in [-0.05, 0) is 0 Å². The third kappa shape index (κ3) is 5.88. The normalized spacial score (nSPS) is 13.1. The molecule has 0 aromatic rings. The molecular weight excluding hydrogens is 249 g/mol. The van der Waals surface area contributed by atoms with Crippen LogP contribution in [0, 0.1) is 5.41 Å². The average Bonchev–Trinajstić information content (AvgIpc) is 2.09. The Morgan fingerprint density at radius 2 is 2.00 bits per heavy atom. The maximum Gasteiger partial charge on any atom is 0.402 e. The van der Waals surface area contributed by atoms with Crippen LogP contribution in [0.15, 0.2) is 0 Å². The van der Waals surface area contributed by atoms with Crippen molar-refractivity contribution in [3.63, 3.8) is 0 Å². The van der Waals surface area contributed by atoms with Crippen molar-refractivity contribution in [3.8, 4) is 0 Å². The third-order valence-corrected chi connectivity index (χ3v) is 3.07. The van der Waals surface area contributed by atoms with Gasteiger partial charge in [0.1, 0.15) is 12.4 Å². The number of likely N-dealkylation sites (N-methyl/N-ethyl adjacent to an activating group) is 1. The van der Waals surface area contributed by atoms with Crippen LogP contribution in [0.1, 0.15) is 6.92 Å². The molecule has 4 N–H and O–H groups in total. The molecule has 0 saturated heterocycles. The molecule has 0 radical (unpaired) electrons. The van der Waals surface area contributed by atoms with Crippen LogP contribution < -0.4 is 10.5 Å². The molecule has 0 aromatic carbocycles. The molecule has 0 saturated carbocycles. The van der Waals surface area contributed by atoms with Gasteiger partial charge in [0.15, 0.2) is 0 Å². The second-order valence-corrected chi connectivity index (χ2v) is 4.65. The van der Waals surface area contributed by atoms with Gasteiger partial charge in [-0.2, -0.15) is 30.6 Å². The number of alkyl halides is 3. The molecule has 96 valence electrons. The van der Waals surface area contributed by atoms with Gasteiger partial charge in [-0.1, -0.05) is 6.92 Å². The topological polar surface area (TPSA) is 99.3 Å². The molecule has 0 unspecified atom stereocenters. The fourth-order valence-electron chi connectivity index (χ4n) is 0.821. The molecule has 16 heavy (non-hydrogen) atoms. The molecule has 0 amide bonds. The highest BCUT2D eigenvalue weighted by atomic mass is 32.2. The zero-order valence-electron chi connectivity index (χ0n) is 8.50. The first kappa shape index (κ1) is 15.1. The van der Waals surface area contributed by atoms with Crippen molar-refractivity contribution in [2.75, 3.05) is 19.6 Å². The zero-order chi connectivity index (χ0) is 13.0. The first-order chi connectivity index (χ1) is 7.08. The van der Waals surface area contributed by atoms with Crippen molar-refractivity contribution < 1.29 is 21.6 Å². The standard InChI is InChI=1S/C6H13F3N4O2S/c1-2-13(3-5(10)11)16(14,15)12-4-6(7,8)9/h12H,2-4H2,1H3,(H3,10,11). The lowest BCUT2D eigenvalue weighted by atomic mass is 10.6. The van der Waals surface area contributed by atoms with Crippen LogP contribution in [0.4, 0.5) is 13.2 Å². The van der Waals surface area contributed by atoms with Gasteiger partial charge in [0.25, 0.3) is 10.2 Å². The largest absolute Gasteiger partial charge is 0.402 e. The maximum absolute atomic E-state index is 11.8. The van der Waals surface area contributed by atoms with Gasteiger partial charge in [-0.3, -0.25) is 5.41 Å². The Morgan fingerprint density at radius 3 is 2.31 bits per heavy atom. The van der Waals surface area contributed by atoms with E-state index in [0.717, 1.165) is 0 Å². The minimum atomic E-state index is -4.62. The number of halogens is 3. The summed E-state index contributed by atoms with van der Waals surface area (Å²) in [6.07, 6.45) is -4.62. The summed E-state index contributed by atoms with van der Waals surface area (Å²) in [5.74, 6) is -0.445. The number of nitrogens with two attached hydrogens (primary N) is 1. The van der Waals surface area contributed by atoms with Gasteiger partial charge in [0.05, 0.1) is 6.54 Å². The van der Waals surface area contributed by atoms with E-state index in [1.165, 1.54) is 11.6 Å². The summed E-state index contributed by atoms with van der Waals surface area (Å²) in [6.45, 7) is -0.740. The van der Waals surface area contributed by atoms with Crippen LogP contribution in [-0.4, -0.2) is 44.4 Å². The maximum atomic E-state index is 11.8. The second kappa shape index (κ2) is 5.46. The molecule has 0 fully saturated rings. The molecule has 0 bridgehead atoms. The zero-order valence-corrected chi connectivity index (χ0v) is 9.32. The predicted octanol–water partition coefficient (Wildman–Crippen LogP) is -0.359. The Kier molecular flexibility index (Phi) is 5.16. The number of nitrogens with one attached hydrogen (secondary N) is 2. The van der Waals surface area contributed by atoms with E-state index in [0.29, 0.717) is 4.31 Å². The average molecular weight is 262 g/mol. The molecule has 0 aromatic heterocycles. The summed E-state index contributed by atoms with van der Waals surface area (Å²) >= 11 is 0. The van der Waals surface area contributed by atoms with Crippen LogP contribution in [-0.2, 0) is 10.2 Å². The van der Waals surface area contributed by atoms with Crippen molar-refractivity contribution in [1.82, 2.24) is 9.03 Å². The number of amidine groups is 1. The molecule has 10 heteroatoms. The van der Waals surface area contributed by atoms with E-state index in [2.05, 4.69) is 0 Å². The Balaban J connectivity index is 4.56. The molecule has 0 aliphatic rings. The highest BCUT2D eigenvalue weighted by Crippen LogP contribution is 2.13. The quantitative estimate of drug-likeness (QED) is 0.450. The Hall–Kier alpha value is -0.870. The number of nitrogens with zero attached hydrogens (tertiary/aromatic N) is 1. The minimum Gasteiger partial charge on any atom is -0.387 e. The summed E-state index contributed by atoms with van der Waals surface area (Å²) in [4.78, 5) is 0. The number of hydrogen-bond donors (Lipinski definition) is 3.